The fourth-order valence-electron chi connectivity index (χ4n) is 1.67. The van der Waals surface area contributed by atoms with E-state index in [-0.39, 0.29) is 17.7 Å². The van der Waals surface area contributed by atoms with Gasteiger partial charge >= 0.3 is 0 Å². The lowest BCUT2D eigenvalue weighted by atomic mass is 9.92. The van der Waals surface area contributed by atoms with Crippen molar-refractivity contribution >= 4 is 5.78 Å². The van der Waals surface area contributed by atoms with Crippen molar-refractivity contribution in [1.29, 1.82) is 0 Å². The fraction of sp³-hybridized carbons (Fsp3) is 0.500. The molecule has 0 aliphatic carbocycles. The first-order valence-electron chi connectivity index (χ1n) is 5.95. The molecular formula is C14H21NO. The summed E-state index contributed by atoms with van der Waals surface area (Å²) < 4.78 is 0. The second kappa shape index (κ2) is 5.80. The molecule has 2 unspecified atom stereocenters. The quantitative estimate of drug-likeness (QED) is 0.774. The summed E-state index contributed by atoms with van der Waals surface area (Å²) in [6.45, 7) is 5.90. The molecule has 0 bridgehead atoms. The van der Waals surface area contributed by atoms with Crippen molar-refractivity contribution in [2.75, 3.05) is 0 Å². The number of hydrogen-bond donors (Lipinski definition) is 1. The Bertz CT molecular complexity index is 358. The Hall–Kier alpha value is -1.15. The van der Waals surface area contributed by atoms with Crippen molar-refractivity contribution in [3.8, 4) is 0 Å². The minimum Gasteiger partial charge on any atom is -0.327 e. The monoisotopic (exact) mass is 219 g/mol. The number of benzene rings is 1. The Labute approximate surface area is 97.9 Å². The van der Waals surface area contributed by atoms with Crippen molar-refractivity contribution in [3.05, 3.63) is 35.4 Å². The van der Waals surface area contributed by atoms with Gasteiger partial charge in [0.15, 0.2) is 5.78 Å². The Balaban J connectivity index is 2.87. The van der Waals surface area contributed by atoms with Crippen LogP contribution in [0.1, 0.15) is 43.1 Å². The Morgan fingerprint density at radius 3 is 2.62 bits per heavy atom. The van der Waals surface area contributed by atoms with Crippen LogP contribution in [0.5, 0.6) is 0 Å². The van der Waals surface area contributed by atoms with Gasteiger partial charge in [0.25, 0.3) is 0 Å². The SMILES string of the molecule is CCCc1cccc(C(=O)C(C)C(C)N)c1. The van der Waals surface area contributed by atoms with E-state index in [0.717, 1.165) is 18.4 Å². The van der Waals surface area contributed by atoms with Crippen molar-refractivity contribution < 1.29 is 4.79 Å². The minimum absolute atomic E-state index is 0.0951. The molecule has 2 nitrogen and oxygen atoms in total. The third-order valence-corrected chi connectivity index (χ3v) is 2.95. The summed E-state index contributed by atoms with van der Waals surface area (Å²) >= 11 is 0. The number of rotatable bonds is 5. The van der Waals surface area contributed by atoms with Crippen molar-refractivity contribution in [2.45, 2.75) is 39.7 Å². The first kappa shape index (κ1) is 12.9. The minimum atomic E-state index is -0.114. The lowest BCUT2D eigenvalue weighted by Gasteiger charge is -2.14. The van der Waals surface area contributed by atoms with E-state index < -0.39 is 0 Å². The van der Waals surface area contributed by atoms with Gasteiger partial charge in [-0.2, -0.15) is 0 Å². The van der Waals surface area contributed by atoms with Gasteiger partial charge in [-0.1, -0.05) is 38.5 Å². The Morgan fingerprint density at radius 2 is 2.06 bits per heavy atom. The topological polar surface area (TPSA) is 43.1 Å². The average Bonchev–Trinajstić information content (AvgIpc) is 2.28. The Kier molecular flexibility index (Phi) is 4.69. The van der Waals surface area contributed by atoms with E-state index in [1.54, 1.807) is 0 Å². The zero-order valence-corrected chi connectivity index (χ0v) is 10.4. The van der Waals surface area contributed by atoms with Gasteiger partial charge < -0.3 is 5.73 Å². The molecule has 1 aromatic rings. The smallest absolute Gasteiger partial charge is 0.167 e. The molecule has 16 heavy (non-hydrogen) atoms. The highest BCUT2D eigenvalue weighted by molar-refractivity contribution is 5.98. The predicted octanol–water partition coefficient (Wildman–Crippen LogP) is 2.81. The van der Waals surface area contributed by atoms with E-state index in [1.165, 1.54) is 5.56 Å². The largest absolute Gasteiger partial charge is 0.327 e. The Morgan fingerprint density at radius 1 is 1.38 bits per heavy atom. The summed E-state index contributed by atoms with van der Waals surface area (Å²) in [7, 11) is 0. The van der Waals surface area contributed by atoms with Gasteiger partial charge in [0, 0.05) is 17.5 Å². The molecule has 0 amide bonds. The zero-order chi connectivity index (χ0) is 12.1. The standard InChI is InChI=1S/C14H21NO/c1-4-6-12-7-5-8-13(9-12)14(16)10(2)11(3)15/h5,7-11H,4,6,15H2,1-3H3. The maximum absolute atomic E-state index is 12.1. The van der Waals surface area contributed by atoms with Crippen LogP contribution in [0.25, 0.3) is 0 Å². The van der Waals surface area contributed by atoms with Crippen LogP contribution >= 0.6 is 0 Å². The molecule has 88 valence electrons. The number of ketones is 1. The van der Waals surface area contributed by atoms with Gasteiger partial charge in [-0.3, -0.25) is 4.79 Å². The normalized spacial score (nSPS) is 14.5. The summed E-state index contributed by atoms with van der Waals surface area (Å²) in [5.41, 5.74) is 7.76. The molecule has 0 spiro atoms. The molecular weight excluding hydrogens is 198 g/mol. The molecule has 2 N–H and O–H groups in total. The van der Waals surface area contributed by atoms with E-state index in [4.69, 9.17) is 5.73 Å². The summed E-state index contributed by atoms with van der Waals surface area (Å²) in [4.78, 5) is 12.1. The molecule has 0 fully saturated rings. The summed E-state index contributed by atoms with van der Waals surface area (Å²) in [6.07, 6.45) is 2.12. The molecule has 0 aromatic heterocycles. The van der Waals surface area contributed by atoms with Crippen LogP contribution in [0.3, 0.4) is 0 Å². The van der Waals surface area contributed by atoms with Gasteiger partial charge in [0.1, 0.15) is 0 Å². The summed E-state index contributed by atoms with van der Waals surface area (Å²) in [6, 6.07) is 7.79. The first-order valence-corrected chi connectivity index (χ1v) is 5.95. The second-order valence-electron chi connectivity index (χ2n) is 4.46. The highest BCUT2D eigenvalue weighted by Gasteiger charge is 2.18. The third kappa shape index (κ3) is 3.17. The van der Waals surface area contributed by atoms with E-state index in [0.29, 0.717) is 0 Å². The maximum atomic E-state index is 12.1. The molecule has 1 rings (SSSR count). The summed E-state index contributed by atoms with van der Waals surface area (Å²) in [5.74, 6) is 0.0322. The number of Topliss-reactive ketones (excluding diaryl/α,β-unsaturated/α-hetero) is 1. The van der Waals surface area contributed by atoms with Crippen LogP contribution in [-0.2, 0) is 6.42 Å². The number of carbonyl (C=O) groups is 1. The highest BCUT2D eigenvalue weighted by Crippen LogP contribution is 2.14. The molecule has 0 saturated heterocycles. The first-order chi connectivity index (χ1) is 7.56. The van der Waals surface area contributed by atoms with Crippen LogP contribution in [0.15, 0.2) is 24.3 Å². The third-order valence-electron chi connectivity index (χ3n) is 2.95. The molecule has 1 aromatic carbocycles. The molecule has 0 aliphatic heterocycles. The predicted molar refractivity (Wildman–Crippen MR) is 67.6 cm³/mol. The molecule has 2 atom stereocenters. The highest BCUT2D eigenvalue weighted by atomic mass is 16.1. The van der Waals surface area contributed by atoms with Crippen molar-refractivity contribution in [1.82, 2.24) is 0 Å². The number of hydrogen-bond acceptors (Lipinski definition) is 2. The van der Waals surface area contributed by atoms with Gasteiger partial charge in [-0.15, -0.1) is 0 Å². The lowest BCUT2D eigenvalue weighted by molar-refractivity contribution is 0.0917. The molecule has 0 saturated carbocycles. The molecule has 2 heteroatoms. The number of nitrogens with two attached hydrogens (primary N) is 1. The average molecular weight is 219 g/mol. The number of carbonyl (C=O) groups excluding carboxylic acids is 1. The van der Waals surface area contributed by atoms with Crippen molar-refractivity contribution in [3.63, 3.8) is 0 Å². The van der Waals surface area contributed by atoms with Gasteiger partial charge in [0.05, 0.1) is 0 Å². The van der Waals surface area contributed by atoms with E-state index in [2.05, 4.69) is 13.0 Å². The van der Waals surface area contributed by atoms with Crippen LogP contribution < -0.4 is 5.73 Å². The van der Waals surface area contributed by atoms with E-state index >= 15 is 0 Å². The molecule has 0 radical (unpaired) electrons. The number of aryl methyl sites for hydroxylation is 1. The summed E-state index contributed by atoms with van der Waals surface area (Å²) in [5, 5.41) is 0. The van der Waals surface area contributed by atoms with Gasteiger partial charge in [0.2, 0.25) is 0 Å². The van der Waals surface area contributed by atoms with E-state index in [1.807, 2.05) is 32.0 Å². The maximum Gasteiger partial charge on any atom is 0.167 e. The van der Waals surface area contributed by atoms with E-state index in [9.17, 15) is 4.79 Å². The van der Waals surface area contributed by atoms with Crippen LogP contribution in [0.4, 0.5) is 0 Å². The fourth-order valence-corrected chi connectivity index (χ4v) is 1.67. The van der Waals surface area contributed by atoms with Gasteiger partial charge in [-0.25, -0.2) is 0 Å². The molecule has 0 heterocycles. The van der Waals surface area contributed by atoms with Crippen LogP contribution in [-0.4, -0.2) is 11.8 Å². The van der Waals surface area contributed by atoms with Crippen LogP contribution in [0.2, 0.25) is 0 Å². The lowest BCUT2D eigenvalue weighted by Crippen LogP contribution is -2.30. The second-order valence-corrected chi connectivity index (χ2v) is 4.46. The van der Waals surface area contributed by atoms with Crippen LogP contribution in [0, 0.1) is 5.92 Å². The zero-order valence-electron chi connectivity index (χ0n) is 10.4. The molecule has 0 aliphatic rings. The van der Waals surface area contributed by atoms with Gasteiger partial charge in [-0.05, 0) is 25.0 Å². The van der Waals surface area contributed by atoms with Crippen molar-refractivity contribution in [2.24, 2.45) is 11.7 Å².